The number of benzene rings is 2. The molecule has 4 nitrogen and oxygen atoms in total. The van der Waals surface area contributed by atoms with Crippen molar-refractivity contribution < 1.29 is 27.4 Å². The third-order valence-corrected chi connectivity index (χ3v) is 2.72. The van der Waals surface area contributed by atoms with Crippen LogP contribution in [-0.4, -0.2) is 18.9 Å². The van der Waals surface area contributed by atoms with Crippen molar-refractivity contribution in [3.63, 3.8) is 0 Å². The van der Waals surface area contributed by atoms with E-state index in [4.69, 9.17) is 4.74 Å². The summed E-state index contributed by atoms with van der Waals surface area (Å²) in [5.74, 6) is 0.0607. The summed E-state index contributed by atoms with van der Waals surface area (Å²) in [6.07, 6.45) is -5.05. The Balaban J connectivity index is 1.80. The second-order valence-electron chi connectivity index (χ2n) is 4.61. The Hall–Kier alpha value is -2.70. The van der Waals surface area contributed by atoms with Crippen LogP contribution in [-0.2, 0) is 11.3 Å². The lowest BCUT2D eigenvalue weighted by molar-refractivity contribution is -0.153. The molecule has 2 rings (SSSR count). The molecule has 7 heteroatoms. The van der Waals surface area contributed by atoms with Crippen LogP contribution >= 0.6 is 0 Å². The molecule has 1 amide bonds. The minimum atomic E-state index is -4.39. The zero-order valence-corrected chi connectivity index (χ0v) is 12.0. The Labute approximate surface area is 130 Å². The van der Waals surface area contributed by atoms with Crippen molar-refractivity contribution in [2.24, 2.45) is 0 Å². The van der Waals surface area contributed by atoms with Crippen LogP contribution in [0.1, 0.15) is 5.56 Å². The molecule has 0 radical (unpaired) electrons. The van der Waals surface area contributed by atoms with E-state index in [9.17, 15) is 18.0 Å². The summed E-state index contributed by atoms with van der Waals surface area (Å²) in [5, 5.41) is 2.47. The average molecular weight is 325 g/mol. The Kier molecular flexibility index (Phi) is 5.46. The highest BCUT2D eigenvalue weighted by atomic mass is 19.4. The van der Waals surface area contributed by atoms with Crippen molar-refractivity contribution in [3.05, 3.63) is 60.2 Å². The fraction of sp³-hybridized carbons (Fsp3) is 0.188. The van der Waals surface area contributed by atoms with Gasteiger partial charge in [0.1, 0.15) is 12.4 Å². The van der Waals surface area contributed by atoms with Crippen LogP contribution in [0.5, 0.6) is 5.75 Å². The minimum Gasteiger partial charge on any atom is -0.484 e. The number of alkyl halides is 3. The summed E-state index contributed by atoms with van der Waals surface area (Å²) in [4.78, 5) is 11.6. The van der Waals surface area contributed by atoms with E-state index in [1.165, 1.54) is 24.3 Å². The second-order valence-corrected chi connectivity index (χ2v) is 4.61. The molecule has 0 saturated heterocycles. The van der Waals surface area contributed by atoms with Crippen LogP contribution in [0.3, 0.4) is 0 Å². The number of nitrogens with one attached hydrogen (secondary N) is 1. The van der Waals surface area contributed by atoms with E-state index in [1.54, 1.807) is 0 Å². The van der Waals surface area contributed by atoms with Gasteiger partial charge in [0.15, 0.2) is 6.61 Å². The normalized spacial score (nSPS) is 10.9. The number of carbonyl (C=O) groups is 1. The van der Waals surface area contributed by atoms with E-state index in [0.29, 0.717) is 5.69 Å². The largest absolute Gasteiger partial charge is 0.484 e. The highest BCUT2D eigenvalue weighted by Gasteiger charge is 2.28. The topological polar surface area (TPSA) is 47.6 Å². The van der Waals surface area contributed by atoms with Crippen LogP contribution in [0.2, 0.25) is 0 Å². The van der Waals surface area contributed by atoms with Gasteiger partial charge in [0.2, 0.25) is 0 Å². The van der Waals surface area contributed by atoms with Gasteiger partial charge in [-0.1, -0.05) is 30.3 Å². The number of carbonyl (C=O) groups excluding carboxylic acids is 1. The molecule has 23 heavy (non-hydrogen) atoms. The first kappa shape index (κ1) is 16.7. The first-order valence-corrected chi connectivity index (χ1v) is 6.70. The first-order valence-electron chi connectivity index (χ1n) is 6.70. The van der Waals surface area contributed by atoms with E-state index < -0.39 is 18.9 Å². The van der Waals surface area contributed by atoms with E-state index in [1.807, 2.05) is 30.3 Å². The molecule has 0 unspecified atom stereocenters. The number of halogens is 3. The molecule has 1 N–H and O–H groups in total. The number of ether oxygens (including phenoxy) is 2. The molecule has 0 spiro atoms. The Bertz CT molecular complexity index is 627. The number of hydrogen-bond donors (Lipinski definition) is 1. The van der Waals surface area contributed by atoms with E-state index in [0.717, 1.165) is 5.56 Å². The Morgan fingerprint density at radius 1 is 1.00 bits per heavy atom. The molecule has 2 aromatic carbocycles. The fourth-order valence-corrected chi connectivity index (χ4v) is 1.68. The lowest BCUT2D eigenvalue weighted by Crippen LogP contribution is -2.19. The summed E-state index contributed by atoms with van der Waals surface area (Å²) in [5.41, 5.74) is 1.24. The quantitative estimate of drug-likeness (QED) is 0.887. The van der Waals surface area contributed by atoms with Gasteiger partial charge in [-0.2, -0.15) is 13.2 Å². The summed E-state index contributed by atoms with van der Waals surface area (Å²) in [6, 6.07) is 14.7. The van der Waals surface area contributed by atoms with E-state index in [2.05, 4.69) is 10.1 Å². The maximum atomic E-state index is 12.0. The van der Waals surface area contributed by atoms with Crippen LogP contribution in [0.25, 0.3) is 0 Å². The van der Waals surface area contributed by atoms with Gasteiger partial charge in [-0.3, -0.25) is 5.32 Å². The monoisotopic (exact) mass is 325 g/mol. The lowest BCUT2D eigenvalue weighted by atomic mass is 10.2. The van der Waals surface area contributed by atoms with Gasteiger partial charge < -0.3 is 9.47 Å². The van der Waals surface area contributed by atoms with E-state index >= 15 is 0 Å². The van der Waals surface area contributed by atoms with Gasteiger partial charge in [-0.05, 0) is 29.8 Å². The van der Waals surface area contributed by atoms with Crippen LogP contribution < -0.4 is 10.1 Å². The van der Waals surface area contributed by atoms with Crippen molar-refractivity contribution in [2.45, 2.75) is 12.8 Å². The lowest BCUT2D eigenvalue weighted by Gasteiger charge is -2.10. The maximum Gasteiger partial charge on any atom is 0.422 e. The molecule has 122 valence electrons. The van der Waals surface area contributed by atoms with Crippen molar-refractivity contribution in [1.82, 2.24) is 0 Å². The predicted molar refractivity (Wildman–Crippen MR) is 78.2 cm³/mol. The van der Waals surface area contributed by atoms with Crippen molar-refractivity contribution in [1.29, 1.82) is 0 Å². The van der Waals surface area contributed by atoms with Gasteiger partial charge in [0.25, 0.3) is 0 Å². The number of hydrogen-bond acceptors (Lipinski definition) is 3. The summed E-state index contributed by atoms with van der Waals surface area (Å²) >= 11 is 0. The highest BCUT2D eigenvalue weighted by molar-refractivity contribution is 5.84. The van der Waals surface area contributed by atoms with Gasteiger partial charge in [0, 0.05) is 5.69 Å². The highest BCUT2D eigenvalue weighted by Crippen LogP contribution is 2.20. The molecule has 0 saturated carbocycles. The molecule has 0 atom stereocenters. The third kappa shape index (κ3) is 6.29. The second kappa shape index (κ2) is 7.53. The number of anilines is 1. The van der Waals surface area contributed by atoms with E-state index in [-0.39, 0.29) is 12.4 Å². The van der Waals surface area contributed by atoms with Crippen molar-refractivity contribution in [2.75, 3.05) is 11.9 Å². The van der Waals surface area contributed by atoms with Crippen LogP contribution in [0.4, 0.5) is 23.7 Å². The molecule has 0 fully saturated rings. The molecule has 0 aliphatic rings. The SMILES string of the molecule is O=C(Nc1ccc(OCC(F)(F)F)cc1)OCc1ccccc1. The molecule has 0 heterocycles. The number of rotatable bonds is 5. The predicted octanol–water partition coefficient (Wildman–Crippen LogP) is 4.38. The smallest absolute Gasteiger partial charge is 0.422 e. The van der Waals surface area contributed by atoms with Gasteiger partial charge in [-0.25, -0.2) is 4.79 Å². The summed E-state index contributed by atoms with van der Waals surface area (Å²) in [6.45, 7) is -1.24. The molecule has 0 aliphatic carbocycles. The number of amides is 1. The molecule has 0 bridgehead atoms. The average Bonchev–Trinajstić information content (AvgIpc) is 2.53. The zero-order valence-electron chi connectivity index (χ0n) is 12.0. The summed E-state index contributed by atoms with van der Waals surface area (Å²) in [7, 11) is 0. The first-order chi connectivity index (χ1) is 10.9. The van der Waals surface area contributed by atoms with Gasteiger partial charge in [0.05, 0.1) is 0 Å². The van der Waals surface area contributed by atoms with Crippen molar-refractivity contribution in [3.8, 4) is 5.75 Å². The maximum absolute atomic E-state index is 12.0. The molecular weight excluding hydrogens is 311 g/mol. The molecule has 2 aromatic rings. The third-order valence-electron chi connectivity index (χ3n) is 2.72. The Morgan fingerprint density at radius 2 is 1.65 bits per heavy atom. The molecule has 0 aromatic heterocycles. The van der Waals surface area contributed by atoms with Gasteiger partial charge >= 0.3 is 12.3 Å². The van der Waals surface area contributed by atoms with Gasteiger partial charge in [-0.15, -0.1) is 0 Å². The van der Waals surface area contributed by atoms with Crippen LogP contribution in [0.15, 0.2) is 54.6 Å². The molecular formula is C16H14F3NO3. The standard InChI is InChI=1S/C16H14F3NO3/c17-16(18,19)11-23-14-8-6-13(7-9-14)20-15(21)22-10-12-4-2-1-3-5-12/h1-9H,10-11H2,(H,20,21). The molecule has 0 aliphatic heterocycles. The van der Waals surface area contributed by atoms with Crippen LogP contribution in [0, 0.1) is 0 Å². The minimum absolute atomic E-state index is 0.0607. The zero-order chi connectivity index (χ0) is 16.7. The van der Waals surface area contributed by atoms with Crippen molar-refractivity contribution >= 4 is 11.8 Å². The summed E-state index contributed by atoms with van der Waals surface area (Å²) < 4.78 is 45.6. The fourth-order valence-electron chi connectivity index (χ4n) is 1.68. The Morgan fingerprint density at radius 3 is 2.26 bits per heavy atom.